The normalized spacial score (nSPS) is 20.0. The lowest BCUT2D eigenvalue weighted by Gasteiger charge is -2.14. The highest BCUT2D eigenvalue weighted by atomic mass is 32.1. The number of hydrogen-bond acceptors (Lipinski definition) is 6. The number of likely N-dealkylation sites (N-methyl/N-ethyl adjacent to an activating group) is 1. The summed E-state index contributed by atoms with van der Waals surface area (Å²) in [5.41, 5.74) is 0.767. The van der Waals surface area contributed by atoms with E-state index >= 15 is 0 Å². The topological polar surface area (TPSA) is 62.5 Å². The fourth-order valence-electron chi connectivity index (χ4n) is 2.56. The van der Waals surface area contributed by atoms with E-state index in [0.29, 0.717) is 11.0 Å². The molecule has 1 unspecified atom stereocenters. The molecule has 1 aliphatic heterocycles. The van der Waals surface area contributed by atoms with Gasteiger partial charge in [0.15, 0.2) is 0 Å². The van der Waals surface area contributed by atoms with Crippen LogP contribution in [0.4, 0.5) is 0 Å². The van der Waals surface area contributed by atoms with Crippen molar-refractivity contribution in [2.75, 3.05) is 20.1 Å². The smallest absolute Gasteiger partial charge is 0.275 e. The monoisotopic (exact) mass is 293 g/mol. The molecule has 1 atom stereocenters. The van der Waals surface area contributed by atoms with Crippen molar-refractivity contribution in [3.63, 3.8) is 0 Å². The molecule has 0 aliphatic carbocycles. The molecule has 1 aliphatic rings. The van der Waals surface area contributed by atoms with Crippen molar-refractivity contribution in [1.29, 1.82) is 0 Å². The van der Waals surface area contributed by atoms with Gasteiger partial charge in [-0.2, -0.15) is 9.61 Å². The van der Waals surface area contributed by atoms with Crippen LogP contribution in [-0.2, 0) is 13.0 Å². The summed E-state index contributed by atoms with van der Waals surface area (Å²) in [4.78, 5) is 19.7. The van der Waals surface area contributed by atoms with Crippen LogP contribution >= 0.6 is 11.3 Å². The van der Waals surface area contributed by atoms with Gasteiger partial charge in [-0.3, -0.25) is 9.69 Å². The third-order valence-corrected chi connectivity index (χ3v) is 4.76. The number of hydrogen-bond donors (Lipinski definition) is 1. The molecule has 3 heterocycles. The molecule has 0 saturated carbocycles. The van der Waals surface area contributed by atoms with Gasteiger partial charge in [0.1, 0.15) is 5.01 Å². The highest BCUT2D eigenvalue weighted by Gasteiger charge is 2.21. The van der Waals surface area contributed by atoms with Crippen LogP contribution in [0, 0.1) is 0 Å². The molecule has 1 saturated heterocycles. The van der Waals surface area contributed by atoms with Crippen LogP contribution in [0.15, 0.2) is 10.9 Å². The van der Waals surface area contributed by atoms with E-state index < -0.39 is 0 Å². The molecule has 2 aromatic heterocycles. The summed E-state index contributed by atoms with van der Waals surface area (Å²) >= 11 is 1.50. The largest absolute Gasteiger partial charge is 0.316 e. The number of nitrogens with zero attached hydrogens (tertiary/aromatic N) is 4. The molecule has 0 bridgehead atoms. The van der Waals surface area contributed by atoms with Crippen molar-refractivity contribution in [2.24, 2.45) is 0 Å². The number of fused-ring (bicyclic) bond motifs is 1. The standard InChI is InChI=1S/C13H19N5OS/c1-3-11-16-18-12(19)6-10(15-13(18)20-11)8-17-5-4-9(7-17)14-2/h6,9,14H,3-5,7-8H2,1-2H3. The van der Waals surface area contributed by atoms with Gasteiger partial charge in [0.05, 0.1) is 5.69 Å². The molecule has 6 nitrogen and oxygen atoms in total. The molecule has 20 heavy (non-hydrogen) atoms. The predicted octanol–water partition coefficient (Wildman–Crippen LogP) is 0.507. The van der Waals surface area contributed by atoms with E-state index in [0.717, 1.165) is 43.2 Å². The van der Waals surface area contributed by atoms with Crippen LogP contribution in [-0.4, -0.2) is 45.7 Å². The lowest BCUT2D eigenvalue weighted by molar-refractivity contribution is 0.318. The minimum absolute atomic E-state index is 0.0784. The molecule has 0 radical (unpaired) electrons. The van der Waals surface area contributed by atoms with E-state index in [1.54, 1.807) is 6.07 Å². The highest BCUT2D eigenvalue weighted by molar-refractivity contribution is 7.16. The minimum atomic E-state index is -0.0784. The Morgan fingerprint density at radius 2 is 2.40 bits per heavy atom. The molecule has 0 amide bonds. The van der Waals surface area contributed by atoms with E-state index in [9.17, 15) is 4.79 Å². The first-order valence-electron chi connectivity index (χ1n) is 6.98. The molecule has 0 aromatic carbocycles. The van der Waals surface area contributed by atoms with Gasteiger partial charge in [0, 0.05) is 31.7 Å². The lowest BCUT2D eigenvalue weighted by atomic mass is 10.3. The van der Waals surface area contributed by atoms with Crippen LogP contribution in [0.2, 0.25) is 0 Å². The van der Waals surface area contributed by atoms with Crippen molar-refractivity contribution >= 4 is 16.3 Å². The number of nitrogens with one attached hydrogen (secondary N) is 1. The van der Waals surface area contributed by atoms with Crippen LogP contribution in [0.5, 0.6) is 0 Å². The van der Waals surface area contributed by atoms with Gasteiger partial charge in [-0.25, -0.2) is 4.98 Å². The second-order valence-electron chi connectivity index (χ2n) is 5.14. The summed E-state index contributed by atoms with van der Waals surface area (Å²) in [6, 6.07) is 2.16. The maximum Gasteiger partial charge on any atom is 0.275 e. The zero-order valence-corrected chi connectivity index (χ0v) is 12.6. The summed E-state index contributed by atoms with van der Waals surface area (Å²) in [6.45, 7) is 4.84. The molecule has 2 aromatic rings. The van der Waals surface area contributed by atoms with Crippen LogP contribution < -0.4 is 10.9 Å². The summed E-state index contributed by atoms with van der Waals surface area (Å²) in [7, 11) is 1.99. The first-order chi connectivity index (χ1) is 9.69. The number of rotatable bonds is 4. The third kappa shape index (κ3) is 2.61. The average Bonchev–Trinajstić information content (AvgIpc) is 3.05. The van der Waals surface area contributed by atoms with Gasteiger partial charge in [-0.05, 0) is 19.9 Å². The SMILES string of the molecule is CCc1nn2c(=O)cc(CN3CCC(NC)C3)nc2s1. The van der Waals surface area contributed by atoms with Crippen molar-refractivity contribution < 1.29 is 0 Å². The first kappa shape index (κ1) is 13.7. The number of likely N-dealkylation sites (tertiary alicyclic amines) is 1. The van der Waals surface area contributed by atoms with Crippen molar-refractivity contribution in [3.8, 4) is 0 Å². The Morgan fingerprint density at radius 1 is 1.55 bits per heavy atom. The molecule has 7 heteroatoms. The minimum Gasteiger partial charge on any atom is -0.316 e. The maximum atomic E-state index is 12.1. The van der Waals surface area contributed by atoms with Gasteiger partial charge < -0.3 is 5.32 Å². The predicted molar refractivity (Wildman–Crippen MR) is 79.3 cm³/mol. The van der Waals surface area contributed by atoms with Gasteiger partial charge in [-0.15, -0.1) is 0 Å². The average molecular weight is 293 g/mol. The Kier molecular flexibility index (Phi) is 3.82. The van der Waals surface area contributed by atoms with E-state index in [1.807, 2.05) is 14.0 Å². The number of aromatic nitrogens is 3. The molecular formula is C13H19N5OS. The van der Waals surface area contributed by atoms with Crippen molar-refractivity contribution in [1.82, 2.24) is 24.8 Å². The van der Waals surface area contributed by atoms with Crippen LogP contribution in [0.3, 0.4) is 0 Å². The summed E-state index contributed by atoms with van der Waals surface area (Å²) in [6.07, 6.45) is 1.98. The van der Waals surface area contributed by atoms with Gasteiger partial charge in [0.25, 0.3) is 5.56 Å². The Balaban J connectivity index is 1.83. The number of aryl methyl sites for hydroxylation is 1. The Hall–Kier alpha value is -1.31. The third-order valence-electron chi connectivity index (χ3n) is 3.71. The highest BCUT2D eigenvalue weighted by Crippen LogP contribution is 2.14. The summed E-state index contributed by atoms with van der Waals surface area (Å²) in [5, 5.41) is 8.51. The van der Waals surface area contributed by atoms with E-state index in [1.165, 1.54) is 15.9 Å². The molecule has 3 rings (SSSR count). The second-order valence-corrected chi connectivity index (χ2v) is 6.18. The zero-order chi connectivity index (χ0) is 14.1. The summed E-state index contributed by atoms with van der Waals surface area (Å²) < 4.78 is 1.41. The quantitative estimate of drug-likeness (QED) is 0.890. The van der Waals surface area contributed by atoms with Crippen LogP contribution in [0.25, 0.3) is 4.96 Å². The van der Waals surface area contributed by atoms with Gasteiger partial charge in [0.2, 0.25) is 4.96 Å². The van der Waals surface area contributed by atoms with E-state index in [2.05, 4.69) is 20.3 Å². The van der Waals surface area contributed by atoms with Crippen LogP contribution in [0.1, 0.15) is 24.0 Å². The van der Waals surface area contributed by atoms with Crippen molar-refractivity contribution in [2.45, 2.75) is 32.4 Å². The fourth-order valence-corrected chi connectivity index (χ4v) is 3.42. The lowest BCUT2D eigenvalue weighted by Crippen LogP contribution is -2.30. The summed E-state index contributed by atoms with van der Waals surface area (Å²) in [5.74, 6) is 0. The Bertz CT molecular complexity index is 664. The molecule has 1 N–H and O–H groups in total. The van der Waals surface area contributed by atoms with E-state index in [4.69, 9.17) is 0 Å². The molecular weight excluding hydrogens is 274 g/mol. The maximum absolute atomic E-state index is 12.1. The second kappa shape index (κ2) is 5.59. The zero-order valence-electron chi connectivity index (χ0n) is 11.8. The molecule has 0 spiro atoms. The molecule has 108 valence electrons. The Labute approximate surface area is 121 Å². The van der Waals surface area contributed by atoms with E-state index in [-0.39, 0.29) is 5.56 Å². The fraction of sp³-hybridized carbons (Fsp3) is 0.615. The van der Waals surface area contributed by atoms with Gasteiger partial charge >= 0.3 is 0 Å². The van der Waals surface area contributed by atoms with Gasteiger partial charge in [-0.1, -0.05) is 18.3 Å². The van der Waals surface area contributed by atoms with Crippen molar-refractivity contribution in [3.05, 3.63) is 27.1 Å². The Morgan fingerprint density at radius 3 is 3.10 bits per heavy atom. The first-order valence-corrected chi connectivity index (χ1v) is 7.79. The molecule has 1 fully saturated rings.